The van der Waals surface area contributed by atoms with Gasteiger partial charge in [0.25, 0.3) is 15.9 Å². The Morgan fingerprint density at radius 3 is 2.27 bits per heavy atom. The fourth-order valence-corrected chi connectivity index (χ4v) is 4.10. The van der Waals surface area contributed by atoms with Crippen molar-refractivity contribution in [3.8, 4) is 0 Å². The fraction of sp³-hybridized carbons (Fsp3) is 0. The maximum atomic E-state index is 12.7. The van der Waals surface area contributed by atoms with Crippen LogP contribution in [0.25, 0.3) is 11.0 Å². The molecule has 0 radical (unpaired) electrons. The number of hydrogen-bond acceptors (Lipinski definition) is 6. The van der Waals surface area contributed by atoms with Crippen LogP contribution in [-0.2, 0) is 20.0 Å². The summed E-state index contributed by atoms with van der Waals surface area (Å²) in [5.74, 6) is -1.32. The van der Waals surface area contributed by atoms with Gasteiger partial charge in [-0.15, -0.1) is 0 Å². The lowest BCUT2D eigenvalue weighted by Gasteiger charge is -2.09. The molecule has 11 heteroatoms. The van der Waals surface area contributed by atoms with Crippen molar-refractivity contribution in [1.82, 2.24) is 0 Å². The Morgan fingerprint density at radius 1 is 0.962 bits per heavy atom. The molecule has 0 aliphatic carbocycles. The lowest BCUT2D eigenvalue weighted by atomic mass is 10.2. The second-order valence-corrected chi connectivity index (χ2v) is 8.54. The maximum absolute atomic E-state index is 12.7. The van der Waals surface area contributed by atoms with Crippen LogP contribution in [0.3, 0.4) is 0 Å². The summed E-state index contributed by atoms with van der Waals surface area (Å²) in [5.41, 5.74) is 5.38. The minimum absolute atomic E-state index is 0.130. The summed E-state index contributed by atoms with van der Waals surface area (Å²) < 4.78 is 55.7. The SMILES string of the molecule is NC(=O)c1oc2ccccc2c1NS(=O)(=O)c1cccc(S(N)(=O)=O)c1. The smallest absolute Gasteiger partial charge is 0.286 e. The number of benzene rings is 2. The molecule has 1 amide bonds. The first kappa shape index (κ1) is 17.9. The number of anilines is 1. The molecule has 1 heterocycles. The highest BCUT2D eigenvalue weighted by Gasteiger charge is 2.24. The Morgan fingerprint density at radius 2 is 1.62 bits per heavy atom. The number of carbonyl (C=O) groups is 1. The number of para-hydroxylation sites is 1. The molecule has 0 aliphatic rings. The van der Waals surface area contributed by atoms with Crippen molar-refractivity contribution < 1.29 is 26.0 Å². The van der Waals surface area contributed by atoms with Crippen molar-refractivity contribution in [1.29, 1.82) is 0 Å². The van der Waals surface area contributed by atoms with Crippen LogP contribution in [0.1, 0.15) is 10.6 Å². The topological polar surface area (TPSA) is 163 Å². The molecule has 0 aliphatic heterocycles. The number of primary sulfonamides is 1. The molecular formula is C15H13N3O6S2. The van der Waals surface area contributed by atoms with E-state index in [0.717, 1.165) is 12.1 Å². The van der Waals surface area contributed by atoms with Gasteiger partial charge in [-0.25, -0.2) is 22.0 Å². The number of amides is 1. The summed E-state index contributed by atoms with van der Waals surface area (Å²) in [6.45, 7) is 0. The van der Waals surface area contributed by atoms with Gasteiger partial charge in [0.2, 0.25) is 15.8 Å². The van der Waals surface area contributed by atoms with Gasteiger partial charge in [0.15, 0.2) is 0 Å². The molecule has 136 valence electrons. The normalized spacial score (nSPS) is 12.2. The average Bonchev–Trinajstić information content (AvgIpc) is 2.93. The second kappa shape index (κ2) is 6.12. The van der Waals surface area contributed by atoms with Crippen LogP contribution in [0.2, 0.25) is 0 Å². The molecule has 26 heavy (non-hydrogen) atoms. The molecule has 9 nitrogen and oxygen atoms in total. The summed E-state index contributed by atoms with van der Waals surface area (Å²) in [7, 11) is -8.34. The zero-order valence-electron chi connectivity index (χ0n) is 13.0. The van der Waals surface area contributed by atoms with E-state index in [-0.39, 0.29) is 26.8 Å². The molecule has 0 atom stereocenters. The largest absolute Gasteiger partial charge is 0.449 e. The third-order valence-corrected chi connectivity index (χ3v) is 5.76. The lowest BCUT2D eigenvalue weighted by molar-refractivity contribution is 0.0977. The number of furan rings is 1. The fourth-order valence-electron chi connectivity index (χ4n) is 2.33. The van der Waals surface area contributed by atoms with E-state index < -0.39 is 26.0 Å². The molecule has 1 aromatic heterocycles. The number of carbonyl (C=O) groups excluding carboxylic acids is 1. The molecule has 0 bridgehead atoms. The van der Waals surface area contributed by atoms with E-state index in [9.17, 15) is 21.6 Å². The third-order valence-electron chi connectivity index (χ3n) is 3.50. The molecule has 5 N–H and O–H groups in total. The van der Waals surface area contributed by atoms with Crippen LogP contribution < -0.4 is 15.6 Å². The second-order valence-electron chi connectivity index (χ2n) is 5.29. The molecule has 3 aromatic rings. The monoisotopic (exact) mass is 395 g/mol. The van der Waals surface area contributed by atoms with E-state index in [1.165, 1.54) is 12.1 Å². The highest BCUT2D eigenvalue weighted by molar-refractivity contribution is 7.93. The Balaban J connectivity index is 2.13. The van der Waals surface area contributed by atoms with Crippen LogP contribution in [0.15, 0.2) is 62.7 Å². The lowest BCUT2D eigenvalue weighted by Crippen LogP contribution is -2.18. The summed E-state index contributed by atoms with van der Waals surface area (Å²) in [6, 6.07) is 10.8. The van der Waals surface area contributed by atoms with Crippen molar-refractivity contribution in [2.75, 3.05) is 4.72 Å². The van der Waals surface area contributed by atoms with E-state index in [1.54, 1.807) is 24.3 Å². The zero-order chi connectivity index (χ0) is 19.1. The molecule has 0 unspecified atom stereocenters. The number of nitrogens with one attached hydrogen (secondary N) is 1. The van der Waals surface area contributed by atoms with E-state index in [1.807, 2.05) is 0 Å². The van der Waals surface area contributed by atoms with Crippen molar-refractivity contribution >= 4 is 42.6 Å². The molecule has 0 fully saturated rings. The number of fused-ring (bicyclic) bond motifs is 1. The molecule has 0 saturated heterocycles. The van der Waals surface area contributed by atoms with Gasteiger partial charge in [-0.1, -0.05) is 18.2 Å². The highest BCUT2D eigenvalue weighted by Crippen LogP contribution is 2.32. The quantitative estimate of drug-likeness (QED) is 0.583. The van der Waals surface area contributed by atoms with Gasteiger partial charge < -0.3 is 10.2 Å². The average molecular weight is 395 g/mol. The van der Waals surface area contributed by atoms with Crippen LogP contribution in [-0.4, -0.2) is 22.7 Å². The summed E-state index contributed by atoms with van der Waals surface area (Å²) in [5, 5.41) is 5.35. The van der Waals surface area contributed by atoms with Gasteiger partial charge in [0, 0.05) is 5.39 Å². The van der Waals surface area contributed by atoms with Crippen LogP contribution in [0, 0.1) is 0 Å². The Kier molecular flexibility index (Phi) is 4.22. The molecule has 0 spiro atoms. The van der Waals surface area contributed by atoms with Gasteiger partial charge in [-0.3, -0.25) is 9.52 Å². The van der Waals surface area contributed by atoms with E-state index in [4.69, 9.17) is 15.3 Å². The van der Waals surface area contributed by atoms with Crippen molar-refractivity contribution in [3.05, 3.63) is 54.3 Å². The predicted molar refractivity (Wildman–Crippen MR) is 93.4 cm³/mol. The first-order valence-corrected chi connectivity index (χ1v) is 10.1. The zero-order valence-corrected chi connectivity index (χ0v) is 14.7. The standard InChI is InChI=1S/C15H13N3O6S2/c16-15(19)14-13(11-6-1-2-7-12(11)24-14)18-26(22,23)10-5-3-4-9(8-10)25(17,20)21/h1-8,18H,(H2,16,19)(H2,17,20,21). The number of primary amides is 1. The minimum Gasteiger partial charge on any atom is -0.449 e. The van der Waals surface area contributed by atoms with Gasteiger partial charge in [0.05, 0.1) is 9.79 Å². The third kappa shape index (κ3) is 3.27. The Bertz CT molecular complexity index is 1230. The van der Waals surface area contributed by atoms with Crippen LogP contribution in [0.5, 0.6) is 0 Å². The van der Waals surface area contributed by atoms with Gasteiger partial charge >= 0.3 is 0 Å². The first-order chi connectivity index (χ1) is 12.1. The summed E-state index contributed by atoms with van der Waals surface area (Å²) in [4.78, 5) is 10.9. The summed E-state index contributed by atoms with van der Waals surface area (Å²) in [6.07, 6.45) is 0. The predicted octanol–water partition coefficient (Wildman–Crippen LogP) is 0.980. The Hall–Kier alpha value is -2.89. The summed E-state index contributed by atoms with van der Waals surface area (Å²) >= 11 is 0. The first-order valence-electron chi connectivity index (χ1n) is 7.06. The van der Waals surface area contributed by atoms with Crippen molar-refractivity contribution in [2.24, 2.45) is 10.9 Å². The van der Waals surface area contributed by atoms with Crippen LogP contribution in [0.4, 0.5) is 5.69 Å². The van der Waals surface area contributed by atoms with Gasteiger partial charge in [-0.2, -0.15) is 0 Å². The number of nitrogens with two attached hydrogens (primary N) is 2. The maximum Gasteiger partial charge on any atom is 0.286 e. The molecule has 0 saturated carbocycles. The minimum atomic E-state index is -4.25. The van der Waals surface area contributed by atoms with E-state index >= 15 is 0 Å². The molecular weight excluding hydrogens is 382 g/mol. The Labute approximate surface area is 148 Å². The van der Waals surface area contributed by atoms with Crippen LogP contribution >= 0.6 is 0 Å². The van der Waals surface area contributed by atoms with Crippen molar-refractivity contribution in [2.45, 2.75) is 9.79 Å². The van der Waals surface area contributed by atoms with Gasteiger partial charge in [0.1, 0.15) is 11.3 Å². The molecule has 3 rings (SSSR count). The van der Waals surface area contributed by atoms with Crippen molar-refractivity contribution in [3.63, 3.8) is 0 Å². The highest BCUT2D eigenvalue weighted by atomic mass is 32.2. The van der Waals surface area contributed by atoms with Gasteiger partial charge in [-0.05, 0) is 30.3 Å². The number of sulfonamides is 2. The number of rotatable bonds is 5. The molecule has 2 aromatic carbocycles. The van der Waals surface area contributed by atoms with E-state index in [2.05, 4.69) is 4.72 Å². The number of hydrogen-bond donors (Lipinski definition) is 3. The van der Waals surface area contributed by atoms with E-state index in [0.29, 0.717) is 5.39 Å².